The largest absolute Gasteiger partial charge is 0.505 e. The summed E-state index contributed by atoms with van der Waals surface area (Å²) in [6, 6.07) is 2.63. The normalized spacial score (nSPS) is 17.3. The summed E-state index contributed by atoms with van der Waals surface area (Å²) in [7, 11) is 0. The number of benzene rings is 1. The predicted octanol–water partition coefficient (Wildman–Crippen LogP) is 3.27. The van der Waals surface area contributed by atoms with E-state index in [1.807, 2.05) is 0 Å². The lowest BCUT2D eigenvalue weighted by Gasteiger charge is -2.35. The Balaban J connectivity index is 0.00000220. The molecule has 0 spiro atoms. The third-order valence-corrected chi connectivity index (χ3v) is 3.39. The molecule has 0 bridgehead atoms. The zero-order valence-electron chi connectivity index (χ0n) is 11.6. The number of nitrogens with one attached hydrogen (secondary N) is 1. The molecule has 2 N–H and O–H groups in total. The van der Waals surface area contributed by atoms with E-state index in [-0.39, 0.29) is 30.4 Å². The Morgan fingerprint density at radius 3 is 2.32 bits per heavy atom. The molecule has 0 saturated carbocycles. The summed E-state index contributed by atoms with van der Waals surface area (Å²) in [6.07, 6.45) is -5.49. The van der Waals surface area contributed by atoms with Crippen molar-refractivity contribution >= 4 is 24.8 Å². The van der Waals surface area contributed by atoms with Crippen molar-refractivity contribution in [2.45, 2.75) is 18.6 Å². The number of para-hydroxylation sites is 1. The summed E-state index contributed by atoms with van der Waals surface area (Å²) < 4.78 is 51.7. The maximum atomic E-state index is 13.4. The SMILES string of the molecule is Cl.Cl.Oc1c(F)cccc1[C@H](CC(F)(F)F)N1CCNCC1. The van der Waals surface area contributed by atoms with Gasteiger partial charge in [-0.25, -0.2) is 4.39 Å². The number of hydrogen-bond acceptors (Lipinski definition) is 3. The molecular weight excluding hydrogens is 347 g/mol. The van der Waals surface area contributed by atoms with Crippen LogP contribution in [0.4, 0.5) is 17.6 Å². The monoisotopic (exact) mass is 364 g/mol. The van der Waals surface area contributed by atoms with E-state index >= 15 is 0 Å². The van der Waals surface area contributed by atoms with E-state index in [2.05, 4.69) is 5.32 Å². The van der Waals surface area contributed by atoms with E-state index in [4.69, 9.17) is 0 Å². The van der Waals surface area contributed by atoms with Crippen molar-refractivity contribution < 1.29 is 22.7 Å². The van der Waals surface area contributed by atoms with E-state index in [1.165, 1.54) is 12.1 Å². The van der Waals surface area contributed by atoms with Crippen LogP contribution in [-0.4, -0.2) is 42.4 Å². The van der Waals surface area contributed by atoms with Gasteiger partial charge in [-0.15, -0.1) is 24.8 Å². The minimum absolute atomic E-state index is 0. The van der Waals surface area contributed by atoms with Crippen molar-refractivity contribution in [3.05, 3.63) is 29.6 Å². The minimum atomic E-state index is -4.38. The standard InChI is InChI=1S/C13H16F4N2O.2ClH/c14-10-3-1-2-9(12(10)20)11(8-13(15,16)17)19-6-4-18-5-7-19;;/h1-3,11,18,20H,4-8H2;2*1H/t11-;;/m0../s1. The van der Waals surface area contributed by atoms with Gasteiger partial charge in [0, 0.05) is 37.8 Å². The first-order valence-corrected chi connectivity index (χ1v) is 6.37. The van der Waals surface area contributed by atoms with Gasteiger partial charge < -0.3 is 10.4 Å². The second-order valence-electron chi connectivity index (χ2n) is 4.80. The van der Waals surface area contributed by atoms with Gasteiger partial charge in [0.15, 0.2) is 11.6 Å². The molecule has 3 nitrogen and oxygen atoms in total. The number of piperazine rings is 1. The van der Waals surface area contributed by atoms with Gasteiger partial charge in [-0.2, -0.15) is 13.2 Å². The average molecular weight is 365 g/mol. The fourth-order valence-electron chi connectivity index (χ4n) is 2.45. The van der Waals surface area contributed by atoms with Crippen LogP contribution in [0, 0.1) is 5.82 Å². The first-order chi connectivity index (χ1) is 9.38. The number of rotatable bonds is 3. The van der Waals surface area contributed by atoms with Gasteiger partial charge in [-0.05, 0) is 6.07 Å². The molecular formula is C13H18Cl2F4N2O. The molecule has 0 unspecified atom stereocenters. The number of nitrogens with zero attached hydrogens (tertiary/aromatic N) is 1. The summed E-state index contributed by atoms with van der Waals surface area (Å²) in [5.74, 6) is -1.59. The third kappa shape index (κ3) is 5.46. The van der Waals surface area contributed by atoms with E-state index < -0.39 is 30.2 Å². The van der Waals surface area contributed by atoms with Crippen molar-refractivity contribution in [2.24, 2.45) is 0 Å². The molecule has 128 valence electrons. The molecule has 0 radical (unpaired) electrons. The molecule has 1 atom stereocenters. The smallest absolute Gasteiger partial charge is 0.390 e. The number of phenolic OH excluding ortho intramolecular Hbond substituents is 1. The summed E-state index contributed by atoms with van der Waals surface area (Å²) in [6.45, 7) is 2.00. The van der Waals surface area contributed by atoms with Crippen LogP contribution in [0.3, 0.4) is 0 Å². The summed E-state index contributed by atoms with van der Waals surface area (Å²) in [4.78, 5) is 1.62. The number of hydrogen-bond donors (Lipinski definition) is 2. The van der Waals surface area contributed by atoms with Crippen LogP contribution in [0.25, 0.3) is 0 Å². The molecule has 0 aliphatic carbocycles. The van der Waals surface area contributed by atoms with Crippen molar-refractivity contribution in [3.8, 4) is 5.75 Å². The average Bonchev–Trinajstić information content (AvgIpc) is 2.40. The molecule has 22 heavy (non-hydrogen) atoms. The molecule has 2 rings (SSSR count). The third-order valence-electron chi connectivity index (χ3n) is 3.39. The highest BCUT2D eigenvalue weighted by molar-refractivity contribution is 5.85. The van der Waals surface area contributed by atoms with Crippen molar-refractivity contribution in [1.82, 2.24) is 10.2 Å². The molecule has 1 aromatic carbocycles. The number of halogens is 6. The van der Waals surface area contributed by atoms with Gasteiger partial charge >= 0.3 is 6.18 Å². The summed E-state index contributed by atoms with van der Waals surface area (Å²) in [5, 5.41) is 12.8. The second-order valence-corrected chi connectivity index (χ2v) is 4.80. The Morgan fingerprint density at radius 1 is 1.18 bits per heavy atom. The minimum Gasteiger partial charge on any atom is -0.505 e. The lowest BCUT2D eigenvalue weighted by atomic mass is 9.99. The summed E-state index contributed by atoms with van der Waals surface area (Å²) >= 11 is 0. The van der Waals surface area contributed by atoms with E-state index in [0.29, 0.717) is 26.2 Å². The van der Waals surface area contributed by atoms with Gasteiger partial charge in [0.25, 0.3) is 0 Å². The van der Waals surface area contributed by atoms with Crippen LogP contribution in [0.5, 0.6) is 5.75 Å². The topological polar surface area (TPSA) is 35.5 Å². The Hall–Kier alpha value is -0.760. The zero-order chi connectivity index (χ0) is 14.8. The lowest BCUT2D eigenvalue weighted by molar-refractivity contribution is -0.148. The quantitative estimate of drug-likeness (QED) is 0.808. The van der Waals surface area contributed by atoms with Crippen molar-refractivity contribution in [3.63, 3.8) is 0 Å². The highest BCUT2D eigenvalue weighted by Gasteiger charge is 2.37. The van der Waals surface area contributed by atoms with E-state index in [0.717, 1.165) is 6.07 Å². The Morgan fingerprint density at radius 2 is 1.77 bits per heavy atom. The maximum absolute atomic E-state index is 13.4. The Bertz CT molecular complexity index is 468. The van der Waals surface area contributed by atoms with Gasteiger partial charge in [0.2, 0.25) is 0 Å². The van der Waals surface area contributed by atoms with Crippen LogP contribution in [0.15, 0.2) is 18.2 Å². The van der Waals surface area contributed by atoms with Crippen LogP contribution < -0.4 is 5.32 Å². The molecule has 1 fully saturated rings. The van der Waals surface area contributed by atoms with Crippen molar-refractivity contribution in [1.29, 1.82) is 0 Å². The van der Waals surface area contributed by atoms with Gasteiger partial charge in [0.1, 0.15) is 0 Å². The molecule has 0 aromatic heterocycles. The van der Waals surface area contributed by atoms with Crippen LogP contribution >= 0.6 is 24.8 Å². The number of alkyl halides is 3. The second kappa shape index (κ2) is 8.76. The van der Waals surface area contributed by atoms with Gasteiger partial charge in [-0.1, -0.05) is 12.1 Å². The fraction of sp³-hybridized carbons (Fsp3) is 0.538. The Kier molecular flexibility index (Phi) is 8.46. The fourth-order valence-corrected chi connectivity index (χ4v) is 2.45. The predicted molar refractivity (Wildman–Crippen MR) is 80.4 cm³/mol. The highest BCUT2D eigenvalue weighted by atomic mass is 35.5. The molecule has 1 heterocycles. The highest BCUT2D eigenvalue weighted by Crippen LogP contribution is 2.38. The number of phenols is 1. The molecule has 1 aliphatic heterocycles. The molecule has 0 amide bonds. The molecule has 1 aliphatic rings. The van der Waals surface area contributed by atoms with Crippen molar-refractivity contribution in [2.75, 3.05) is 26.2 Å². The maximum Gasteiger partial charge on any atom is 0.390 e. The summed E-state index contributed by atoms with van der Waals surface area (Å²) in [5.41, 5.74) is -0.00998. The van der Waals surface area contributed by atoms with Crippen LogP contribution in [0.1, 0.15) is 18.0 Å². The zero-order valence-corrected chi connectivity index (χ0v) is 13.2. The molecule has 1 saturated heterocycles. The van der Waals surface area contributed by atoms with Crippen LogP contribution in [0.2, 0.25) is 0 Å². The van der Waals surface area contributed by atoms with Gasteiger partial charge in [0.05, 0.1) is 6.42 Å². The molecule has 1 aromatic rings. The van der Waals surface area contributed by atoms with E-state index in [1.54, 1.807) is 4.90 Å². The Labute approximate surface area is 138 Å². The van der Waals surface area contributed by atoms with Crippen LogP contribution in [-0.2, 0) is 0 Å². The van der Waals surface area contributed by atoms with Gasteiger partial charge in [-0.3, -0.25) is 4.90 Å². The van der Waals surface area contributed by atoms with E-state index in [9.17, 15) is 22.7 Å². The first-order valence-electron chi connectivity index (χ1n) is 6.37. The molecule has 9 heteroatoms. The number of aromatic hydroxyl groups is 1. The lowest BCUT2D eigenvalue weighted by Crippen LogP contribution is -2.46. The first kappa shape index (κ1) is 21.2.